The molecule has 0 amide bonds. The summed E-state index contributed by atoms with van der Waals surface area (Å²) < 4.78 is 0. The van der Waals surface area contributed by atoms with E-state index in [-0.39, 0.29) is 0 Å². The fourth-order valence-electron chi connectivity index (χ4n) is 1.08. The number of hydrogen-bond acceptors (Lipinski definition) is 2. The average Bonchev–Trinajstić information content (AvgIpc) is 2.10. The molecule has 1 N–H and O–H groups in total. The van der Waals surface area contributed by atoms with Gasteiger partial charge in [-0.15, -0.1) is 0 Å². The van der Waals surface area contributed by atoms with Crippen molar-refractivity contribution in [3.8, 4) is 0 Å². The minimum Gasteiger partial charge on any atom is -0.317 e. The van der Waals surface area contributed by atoms with Crippen molar-refractivity contribution < 1.29 is 0 Å². The van der Waals surface area contributed by atoms with Crippen LogP contribution in [0, 0.1) is 0 Å². The highest BCUT2D eigenvalue weighted by Gasteiger charge is 1.89. The van der Waals surface area contributed by atoms with Crippen LogP contribution in [0.25, 0.3) is 0 Å². The number of hydrogen-bond donors (Lipinski definition) is 1. The topological polar surface area (TPSA) is 12.0 Å². The SMILES string of the molecule is CCCNCCCCCSCC. The monoisotopic (exact) mass is 189 g/mol. The molecule has 74 valence electrons. The maximum Gasteiger partial charge on any atom is -0.00489 e. The molecule has 0 saturated heterocycles. The summed E-state index contributed by atoms with van der Waals surface area (Å²) >= 11 is 2.06. The van der Waals surface area contributed by atoms with E-state index in [1.165, 1.54) is 50.3 Å². The lowest BCUT2D eigenvalue weighted by Gasteiger charge is -2.02. The van der Waals surface area contributed by atoms with Gasteiger partial charge < -0.3 is 5.32 Å². The molecule has 2 heteroatoms. The van der Waals surface area contributed by atoms with Crippen molar-refractivity contribution in [2.75, 3.05) is 24.6 Å². The van der Waals surface area contributed by atoms with Crippen molar-refractivity contribution >= 4 is 11.8 Å². The van der Waals surface area contributed by atoms with E-state index in [0.29, 0.717) is 0 Å². The second kappa shape index (κ2) is 11.3. The molecule has 0 radical (unpaired) electrons. The van der Waals surface area contributed by atoms with Crippen LogP contribution in [0.5, 0.6) is 0 Å². The highest BCUT2D eigenvalue weighted by molar-refractivity contribution is 7.99. The van der Waals surface area contributed by atoms with Gasteiger partial charge in [-0.05, 0) is 43.9 Å². The summed E-state index contributed by atoms with van der Waals surface area (Å²) in [4.78, 5) is 0. The van der Waals surface area contributed by atoms with Crippen LogP contribution >= 0.6 is 11.8 Å². The number of thioether (sulfide) groups is 1. The van der Waals surface area contributed by atoms with E-state index >= 15 is 0 Å². The van der Waals surface area contributed by atoms with Crippen LogP contribution in [0.2, 0.25) is 0 Å². The molecule has 0 heterocycles. The van der Waals surface area contributed by atoms with Gasteiger partial charge in [0.25, 0.3) is 0 Å². The molecule has 0 atom stereocenters. The van der Waals surface area contributed by atoms with Gasteiger partial charge in [-0.25, -0.2) is 0 Å². The molecule has 0 aromatic rings. The van der Waals surface area contributed by atoms with E-state index in [9.17, 15) is 0 Å². The Morgan fingerprint density at radius 2 is 1.83 bits per heavy atom. The van der Waals surface area contributed by atoms with Crippen LogP contribution in [0.3, 0.4) is 0 Å². The quantitative estimate of drug-likeness (QED) is 0.560. The molecule has 0 unspecified atom stereocenters. The van der Waals surface area contributed by atoms with Gasteiger partial charge in [0.15, 0.2) is 0 Å². The van der Waals surface area contributed by atoms with E-state index in [2.05, 4.69) is 30.9 Å². The molecule has 0 aliphatic rings. The zero-order valence-corrected chi connectivity index (χ0v) is 9.38. The Bertz CT molecular complexity index is 66.2. The highest BCUT2D eigenvalue weighted by atomic mass is 32.2. The highest BCUT2D eigenvalue weighted by Crippen LogP contribution is 2.04. The lowest BCUT2D eigenvalue weighted by atomic mass is 10.2. The van der Waals surface area contributed by atoms with Gasteiger partial charge >= 0.3 is 0 Å². The Morgan fingerprint density at radius 1 is 1.00 bits per heavy atom. The summed E-state index contributed by atoms with van der Waals surface area (Å²) in [7, 11) is 0. The molecule has 0 aliphatic carbocycles. The predicted octanol–water partition coefficient (Wildman–Crippen LogP) is 2.91. The summed E-state index contributed by atoms with van der Waals surface area (Å²) in [6.45, 7) is 6.84. The Labute approximate surface area is 81.7 Å². The molecule has 0 fully saturated rings. The molecule has 0 rings (SSSR count). The number of rotatable bonds is 9. The Morgan fingerprint density at radius 3 is 2.50 bits per heavy atom. The molecule has 0 aromatic carbocycles. The Balaban J connectivity index is 2.73. The normalized spacial score (nSPS) is 10.5. The summed E-state index contributed by atoms with van der Waals surface area (Å²) in [6.07, 6.45) is 5.39. The van der Waals surface area contributed by atoms with Crippen molar-refractivity contribution in [2.24, 2.45) is 0 Å². The summed E-state index contributed by atoms with van der Waals surface area (Å²) in [5.74, 6) is 2.62. The second-order valence-electron chi connectivity index (χ2n) is 3.01. The first-order valence-corrected chi connectivity index (χ1v) is 6.35. The van der Waals surface area contributed by atoms with Crippen molar-refractivity contribution in [1.82, 2.24) is 5.32 Å². The van der Waals surface area contributed by atoms with Gasteiger partial charge in [0.2, 0.25) is 0 Å². The first-order chi connectivity index (χ1) is 5.91. The predicted molar refractivity (Wildman–Crippen MR) is 60.0 cm³/mol. The molecular weight excluding hydrogens is 166 g/mol. The van der Waals surface area contributed by atoms with Crippen LogP contribution < -0.4 is 5.32 Å². The first-order valence-electron chi connectivity index (χ1n) is 5.20. The molecule has 0 saturated carbocycles. The maximum absolute atomic E-state index is 3.42. The van der Waals surface area contributed by atoms with E-state index in [1.807, 2.05) is 0 Å². The second-order valence-corrected chi connectivity index (χ2v) is 4.40. The Hall–Kier alpha value is 0.310. The van der Waals surface area contributed by atoms with Gasteiger partial charge in [0, 0.05) is 0 Å². The van der Waals surface area contributed by atoms with Crippen molar-refractivity contribution in [3.05, 3.63) is 0 Å². The minimum absolute atomic E-state index is 1.18. The zero-order valence-electron chi connectivity index (χ0n) is 8.57. The third kappa shape index (κ3) is 10.3. The fourth-order valence-corrected chi connectivity index (χ4v) is 1.77. The lowest BCUT2D eigenvalue weighted by Crippen LogP contribution is -2.15. The number of unbranched alkanes of at least 4 members (excludes halogenated alkanes) is 2. The maximum atomic E-state index is 3.42. The smallest absolute Gasteiger partial charge is 0.00489 e. The molecule has 0 spiro atoms. The summed E-state index contributed by atoms with van der Waals surface area (Å²) in [6, 6.07) is 0. The van der Waals surface area contributed by atoms with Gasteiger partial charge in [-0.2, -0.15) is 11.8 Å². The third-order valence-electron chi connectivity index (χ3n) is 1.77. The zero-order chi connectivity index (χ0) is 9.07. The van der Waals surface area contributed by atoms with Gasteiger partial charge in [-0.1, -0.05) is 20.3 Å². The first kappa shape index (κ1) is 12.3. The van der Waals surface area contributed by atoms with Crippen LogP contribution in [0.15, 0.2) is 0 Å². The standard InChI is InChI=1S/C10H23NS/c1-3-8-11-9-6-5-7-10-12-4-2/h11H,3-10H2,1-2H3. The van der Waals surface area contributed by atoms with E-state index in [0.717, 1.165) is 0 Å². The van der Waals surface area contributed by atoms with Crippen LogP contribution in [-0.2, 0) is 0 Å². The third-order valence-corrected chi connectivity index (χ3v) is 2.76. The van der Waals surface area contributed by atoms with Crippen molar-refractivity contribution in [3.63, 3.8) is 0 Å². The fraction of sp³-hybridized carbons (Fsp3) is 1.00. The van der Waals surface area contributed by atoms with Gasteiger partial charge in [0.05, 0.1) is 0 Å². The summed E-state index contributed by atoms with van der Waals surface area (Å²) in [5.41, 5.74) is 0. The molecule has 0 bridgehead atoms. The van der Waals surface area contributed by atoms with Crippen LogP contribution in [0.4, 0.5) is 0 Å². The lowest BCUT2D eigenvalue weighted by molar-refractivity contribution is 0.613. The molecule has 0 aliphatic heterocycles. The van der Waals surface area contributed by atoms with Crippen LogP contribution in [-0.4, -0.2) is 24.6 Å². The van der Waals surface area contributed by atoms with Gasteiger partial charge in [0.1, 0.15) is 0 Å². The van der Waals surface area contributed by atoms with E-state index in [1.54, 1.807) is 0 Å². The van der Waals surface area contributed by atoms with Gasteiger partial charge in [-0.3, -0.25) is 0 Å². The average molecular weight is 189 g/mol. The largest absolute Gasteiger partial charge is 0.317 e. The Kier molecular flexibility index (Phi) is 11.6. The van der Waals surface area contributed by atoms with E-state index in [4.69, 9.17) is 0 Å². The van der Waals surface area contributed by atoms with E-state index < -0.39 is 0 Å². The summed E-state index contributed by atoms with van der Waals surface area (Å²) in [5, 5.41) is 3.42. The minimum atomic E-state index is 1.18. The molecule has 12 heavy (non-hydrogen) atoms. The molecular formula is C10H23NS. The molecule has 1 nitrogen and oxygen atoms in total. The van der Waals surface area contributed by atoms with Crippen molar-refractivity contribution in [2.45, 2.75) is 39.5 Å². The number of nitrogens with one attached hydrogen (secondary N) is 1. The van der Waals surface area contributed by atoms with Crippen molar-refractivity contribution in [1.29, 1.82) is 0 Å². The van der Waals surface area contributed by atoms with Crippen LogP contribution in [0.1, 0.15) is 39.5 Å². The molecule has 0 aromatic heterocycles.